The van der Waals surface area contributed by atoms with Crippen molar-refractivity contribution in [2.75, 3.05) is 19.4 Å². The lowest BCUT2D eigenvalue weighted by atomic mass is 10.1. The van der Waals surface area contributed by atoms with Crippen LogP contribution in [0.2, 0.25) is 0 Å². The summed E-state index contributed by atoms with van der Waals surface area (Å²) in [7, 11) is 3.19. The van der Waals surface area contributed by atoms with Crippen LogP contribution in [0.1, 0.15) is 22.0 Å². The number of ether oxygens (including phenoxy) is 1. The van der Waals surface area contributed by atoms with Gasteiger partial charge in [0.1, 0.15) is 0 Å². The zero-order chi connectivity index (χ0) is 18.4. The molecule has 0 saturated heterocycles. The van der Waals surface area contributed by atoms with Crippen molar-refractivity contribution in [3.63, 3.8) is 0 Å². The van der Waals surface area contributed by atoms with E-state index in [1.54, 1.807) is 38.4 Å². The molecule has 3 N–H and O–H groups in total. The number of hydrogen-bond donors (Lipinski definition) is 2. The Bertz CT molecular complexity index is 758. The number of likely N-dealkylation sites (N-methyl/N-ethyl adjacent to an activating group) is 1. The summed E-state index contributed by atoms with van der Waals surface area (Å²) < 4.78 is 5.42. The average molecular weight is 341 g/mol. The Labute approximate surface area is 145 Å². The molecule has 0 unspecified atom stereocenters. The van der Waals surface area contributed by atoms with Crippen LogP contribution in [0.5, 0.6) is 0 Å². The van der Waals surface area contributed by atoms with Gasteiger partial charge in [-0.1, -0.05) is 30.3 Å². The van der Waals surface area contributed by atoms with Crippen molar-refractivity contribution in [2.45, 2.75) is 6.10 Å². The topological polar surface area (TPSA) is 102 Å². The first-order valence-corrected chi connectivity index (χ1v) is 7.52. The van der Waals surface area contributed by atoms with Gasteiger partial charge >= 0.3 is 12.0 Å². The number of benzene rings is 2. The Hall–Kier alpha value is -3.35. The van der Waals surface area contributed by atoms with Gasteiger partial charge in [0.25, 0.3) is 5.91 Å². The fourth-order valence-electron chi connectivity index (χ4n) is 2.13. The lowest BCUT2D eigenvalue weighted by Gasteiger charge is -2.21. The second-order valence-corrected chi connectivity index (χ2v) is 5.50. The second-order valence-electron chi connectivity index (χ2n) is 5.50. The number of nitrogens with one attached hydrogen (secondary N) is 1. The van der Waals surface area contributed by atoms with E-state index < -0.39 is 18.1 Å². The normalized spacial score (nSPS) is 11.3. The summed E-state index contributed by atoms with van der Waals surface area (Å²) in [5, 5.41) is 2.40. The molecule has 0 heterocycles. The van der Waals surface area contributed by atoms with E-state index in [2.05, 4.69) is 5.32 Å². The summed E-state index contributed by atoms with van der Waals surface area (Å²) in [6, 6.07) is 14.1. The largest absolute Gasteiger partial charge is 0.444 e. The van der Waals surface area contributed by atoms with Crippen LogP contribution in [-0.2, 0) is 9.53 Å². The number of carbonyl (C=O) groups is 3. The Balaban J connectivity index is 2.19. The van der Waals surface area contributed by atoms with Gasteiger partial charge in [-0.3, -0.25) is 4.79 Å². The Morgan fingerprint density at radius 3 is 2.12 bits per heavy atom. The summed E-state index contributed by atoms with van der Waals surface area (Å²) in [6.45, 7) is 0. The quantitative estimate of drug-likeness (QED) is 0.814. The molecular formula is C18H19N3O4. The highest BCUT2D eigenvalue weighted by Gasteiger charge is 2.26. The highest BCUT2D eigenvalue weighted by molar-refractivity contribution is 5.94. The van der Waals surface area contributed by atoms with Crippen LogP contribution in [0.3, 0.4) is 0 Å². The molecule has 25 heavy (non-hydrogen) atoms. The molecule has 0 aliphatic rings. The van der Waals surface area contributed by atoms with Gasteiger partial charge in [-0.15, -0.1) is 0 Å². The zero-order valence-electron chi connectivity index (χ0n) is 13.9. The molecule has 0 aromatic heterocycles. The molecule has 2 aromatic carbocycles. The molecule has 0 bridgehead atoms. The van der Waals surface area contributed by atoms with Gasteiger partial charge in [-0.25, -0.2) is 9.59 Å². The number of hydrogen-bond acceptors (Lipinski definition) is 4. The van der Waals surface area contributed by atoms with E-state index in [1.165, 1.54) is 29.2 Å². The molecule has 0 radical (unpaired) electrons. The number of nitrogens with zero attached hydrogens (tertiary/aromatic N) is 1. The van der Waals surface area contributed by atoms with Crippen LogP contribution in [-0.4, -0.2) is 36.9 Å². The van der Waals surface area contributed by atoms with E-state index in [4.69, 9.17) is 10.5 Å². The van der Waals surface area contributed by atoms with Gasteiger partial charge in [0.05, 0.1) is 5.56 Å². The van der Waals surface area contributed by atoms with Gasteiger partial charge in [-0.2, -0.15) is 0 Å². The fourth-order valence-corrected chi connectivity index (χ4v) is 2.13. The van der Waals surface area contributed by atoms with Crippen molar-refractivity contribution in [1.29, 1.82) is 0 Å². The van der Waals surface area contributed by atoms with Crippen LogP contribution >= 0.6 is 0 Å². The van der Waals surface area contributed by atoms with Crippen molar-refractivity contribution < 1.29 is 19.1 Å². The molecule has 3 amide bonds. The SMILES string of the molecule is CN(C)C(=O)[C@H](OC(=O)c1ccc(NC(N)=O)cc1)c1ccccc1. The standard InChI is InChI=1S/C18H19N3O4/c1-21(2)16(22)15(12-6-4-3-5-7-12)25-17(23)13-8-10-14(11-9-13)20-18(19)24/h3-11,15H,1-2H3,(H3,19,20,24)/t15-/m1/s1. The number of amides is 3. The highest BCUT2D eigenvalue weighted by atomic mass is 16.5. The molecule has 2 rings (SSSR count). The van der Waals surface area contributed by atoms with Gasteiger partial charge in [-0.05, 0) is 24.3 Å². The minimum atomic E-state index is -1.04. The van der Waals surface area contributed by atoms with Crippen molar-refractivity contribution in [3.8, 4) is 0 Å². The minimum absolute atomic E-state index is 0.252. The molecule has 0 spiro atoms. The maximum absolute atomic E-state index is 12.4. The number of primary amides is 1. The van der Waals surface area contributed by atoms with E-state index in [0.717, 1.165) is 0 Å². The molecule has 0 fully saturated rings. The molecule has 1 atom stereocenters. The first-order valence-electron chi connectivity index (χ1n) is 7.52. The number of anilines is 1. The first-order chi connectivity index (χ1) is 11.9. The number of rotatable bonds is 5. The maximum atomic E-state index is 12.4. The summed E-state index contributed by atoms with van der Waals surface area (Å²) in [4.78, 5) is 36.9. The molecule has 2 aromatic rings. The number of esters is 1. The summed E-state index contributed by atoms with van der Waals surface area (Å²) in [5.74, 6) is -0.985. The number of urea groups is 1. The van der Waals surface area contributed by atoms with E-state index >= 15 is 0 Å². The Kier molecular flexibility index (Phi) is 5.73. The van der Waals surface area contributed by atoms with E-state index in [1.807, 2.05) is 6.07 Å². The van der Waals surface area contributed by atoms with Crippen molar-refractivity contribution in [3.05, 3.63) is 65.7 Å². The molecular weight excluding hydrogens is 322 g/mol. The van der Waals surface area contributed by atoms with Gasteiger partial charge in [0, 0.05) is 25.3 Å². The molecule has 130 valence electrons. The summed E-state index contributed by atoms with van der Waals surface area (Å²) in [5.41, 5.74) is 6.32. The first kappa shape index (κ1) is 18.0. The third kappa shape index (κ3) is 4.81. The van der Waals surface area contributed by atoms with Gasteiger partial charge < -0.3 is 20.7 Å². The van der Waals surface area contributed by atoms with E-state index in [9.17, 15) is 14.4 Å². The second kappa shape index (κ2) is 7.96. The van der Waals surface area contributed by atoms with Crippen molar-refractivity contribution >= 4 is 23.6 Å². The van der Waals surface area contributed by atoms with Gasteiger partial charge in [0.2, 0.25) is 6.10 Å². The predicted molar refractivity (Wildman–Crippen MR) is 92.9 cm³/mol. The smallest absolute Gasteiger partial charge is 0.339 e. The lowest BCUT2D eigenvalue weighted by molar-refractivity contribution is -0.138. The Morgan fingerprint density at radius 2 is 1.60 bits per heavy atom. The fraction of sp³-hybridized carbons (Fsp3) is 0.167. The summed E-state index contributed by atoms with van der Waals surface area (Å²) >= 11 is 0. The zero-order valence-corrected chi connectivity index (χ0v) is 13.9. The lowest BCUT2D eigenvalue weighted by Crippen LogP contribution is -2.31. The van der Waals surface area contributed by atoms with E-state index in [0.29, 0.717) is 11.3 Å². The van der Waals surface area contributed by atoms with Crippen LogP contribution in [0.4, 0.5) is 10.5 Å². The molecule has 7 nitrogen and oxygen atoms in total. The molecule has 0 aliphatic heterocycles. The monoisotopic (exact) mass is 341 g/mol. The van der Waals surface area contributed by atoms with Crippen LogP contribution in [0.25, 0.3) is 0 Å². The molecule has 0 saturated carbocycles. The predicted octanol–water partition coefficient (Wildman–Crippen LogP) is 2.16. The molecule has 0 aliphatic carbocycles. The summed E-state index contributed by atoms with van der Waals surface area (Å²) in [6.07, 6.45) is -1.04. The van der Waals surface area contributed by atoms with Crippen LogP contribution < -0.4 is 11.1 Å². The van der Waals surface area contributed by atoms with Crippen molar-refractivity contribution in [1.82, 2.24) is 4.90 Å². The van der Waals surface area contributed by atoms with E-state index in [-0.39, 0.29) is 11.5 Å². The third-order valence-electron chi connectivity index (χ3n) is 3.38. The average Bonchev–Trinajstić information content (AvgIpc) is 2.59. The number of carbonyl (C=O) groups excluding carboxylic acids is 3. The molecule has 7 heteroatoms. The Morgan fingerprint density at radius 1 is 1.00 bits per heavy atom. The number of nitrogens with two attached hydrogens (primary N) is 1. The minimum Gasteiger partial charge on any atom is -0.444 e. The van der Waals surface area contributed by atoms with Crippen LogP contribution in [0.15, 0.2) is 54.6 Å². The maximum Gasteiger partial charge on any atom is 0.339 e. The van der Waals surface area contributed by atoms with Crippen molar-refractivity contribution in [2.24, 2.45) is 5.73 Å². The van der Waals surface area contributed by atoms with Crippen LogP contribution in [0, 0.1) is 0 Å². The van der Waals surface area contributed by atoms with Gasteiger partial charge in [0.15, 0.2) is 0 Å². The highest BCUT2D eigenvalue weighted by Crippen LogP contribution is 2.21. The third-order valence-corrected chi connectivity index (χ3v) is 3.38.